The normalized spacial score (nSPS) is 15.3. The van der Waals surface area contributed by atoms with Crippen molar-refractivity contribution in [3.8, 4) is 5.88 Å². The molecular formula is C29H36N4O. The van der Waals surface area contributed by atoms with Crippen LogP contribution in [0.1, 0.15) is 44.6 Å². The van der Waals surface area contributed by atoms with Crippen LogP contribution in [0.5, 0.6) is 5.88 Å². The zero-order chi connectivity index (χ0) is 23.3. The van der Waals surface area contributed by atoms with E-state index < -0.39 is 0 Å². The molecule has 1 saturated heterocycles. The average molecular weight is 457 g/mol. The Morgan fingerprint density at radius 2 is 1.76 bits per heavy atom. The van der Waals surface area contributed by atoms with Gasteiger partial charge in [-0.2, -0.15) is 0 Å². The van der Waals surface area contributed by atoms with Crippen LogP contribution >= 0.6 is 0 Å². The van der Waals surface area contributed by atoms with Gasteiger partial charge in [0.15, 0.2) is 0 Å². The van der Waals surface area contributed by atoms with Gasteiger partial charge in [0.1, 0.15) is 0 Å². The van der Waals surface area contributed by atoms with E-state index in [0.29, 0.717) is 11.8 Å². The van der Waals surface area contributed by atoms with Gasteiger partial charge in [0.2, 0.25) is 5.88 Å². The zero-order valence-corrected chi connectivity index (χ0v) is 20.2. The van der Waals surface area contributed by atoms with E-state index in [0.717, 1.165) is 79.5 Å². The number of benzene rings is 2. The molecule has 0 atom stereocenters. The lowest BCUT2D eigenvalue weighted by Crippen LogP contribution is -2.33. The molecule has 1 aliphatic rings. The summed E-state index contributed by atoms with van der Waals surface area (Å²) >= 11 is 0. The molecular weight excluding hydrogens is 420 g/mol. The lowest BCUT2D eigenvalue weighted by molar-refractivity contribution is 0.168. The number of anilines is 1. The van der Waals surface area contributed by atoms with E-state index in [1.54, 1.807) is 0 Å². The molecule has 0 amide bonds. The summed E-state index contributed by atoms with van der Waals surface area (Å²) in [5, 5.41) is 16.7. The van der Waals surface area contributed by atoms with Gasteiger partial charge < -0.3 is 15.0 Å². The fraction of sp³-hybridized carbons (Fsp3) is 0.414. The van der Waals surface area contributed by atoms with Gasteiger partial charge in [-0.05, 0) is 56.3 Å². The zero-order valence-electron chi connectivity index (χ0n) is 20.2. The minimum atomic E-state index is 0.341. The number of piperidine rings is 1. The minimum Gasteiger partial charge on any atom is -0.494 e. The standard InChI is InChI=1S/C29H36N4O/c1-2-3-16-30-28-24-11-7-8-12-25(24)31-26-21-33(29(34)27(26)28)19-15-22-13-17-32(18-14-22)20-23-9-5-4-6-10-23/h4-12,21-22,30,34H,2-3,13-20H2,1H3. The van der Waals surface area contributed by atoms with Crippen LogP contribution in [0, 0.1) is 5.92 Å². The average Bonchev–Trinajstić information content (AvgIpc) is 3.19. The molecule has 2 N–H and O–H groups in total. The topological polar surface area (TPSA) is 53.3 Å². The molecule has 34 heavy (non-hydrogen) atoms. The number of para-hydroxylation sites is 1. The lowest BCUT2D eigenvalue weighted by atomic mass is 9.93. The molecule has 0 bridgehead atoms. The molecule has 2 aromatic carbocycles. The Morgan fingerprint density at radius 1 is 1.00 bits per heavy atom. The monoisotopic (exact) mass is 456 g/mol. The molecule has 5 nitrogen and oxygen atoms in total. The highest BCUT2D eigenvalue weighted by molar-refractivity contribution is 6.09. The van der Waals surface area contributed by atoms with Crippen molar-refractivity contribution in [2.45, 2.75) is 52.1 Å². The van der Waals surface area contributed by atoms with Crippen molar-refractivity contribution in [2.75, 3.05) is 25.0 Å². The van der Waals surface area contributed by atoms with Crippen LogP contribution in [0.25, 0.3) is 21.8 Å². The molecule has 4 aromatic rings. The van der Waals surface area contributed by atoms with Crippen molar-refractivity contribution in [1.29, 1.82) is 0 Å². The van der Waals surface area contributed by atoms with Crippen molar-refractivity contribution in [1.82, 2.24) is 14.5 Å². The first kappa shape index (κ1) is 22.7. The number of unbranched alkanes of at least 4 members (excludes halogenated alkanes) is 1. The number of pyridine rings is 1. The first-order valence-corrected chi connectivity index (χ1v) is 12.8. The summed E-state index contributed by atoms with van der Waals surface area (Å²) in [6.07, 6.45) is 7.80. The Hall–Kier alpha value is -3.05. The predicted molar refractivity (Wildman–Crippen MR) is 141 cm³/mol. The summed E-state index contributed by atoms with van der Waals surface area (Å²) in [7, 11) is 0. The van der Waals surface area contributed by atoms with Crippen LogP contribution in [0.3, 0.4) is 0 Å². The van der Waals surface area contributed by atoms with Gasteiger partial charge in [-0.25, -0.2) is 4.98 Å². The van der Waals surface area contributed by atoms with Crippen LogP contribution < -0.4 is 5.32 Å². The second-order valence-corrected chi connectivity index (χ2v) is 9.68. The van der Waals surface area contributed by atoms with E-state index in [-0.39, 0.29) is 0 Å². The molecule has 0 unspecified atom stereocenters. The van der Waals surface area contributed by atoms with Crippen LogP contribution in [-0.4, -0.2) is 39.2 Å². The highest BCUT2D eigenvalue weighted by Gasteiger charge is 2.21. The first-order valence-electron chi connectivity index (χ1n) is 12.8. The second-order valence-electron chi connectivity index (χ2n) is 9.68. The molecule has 0 aliphatic carbocycles. The third kappa shape index (κ3) is 4.90. The SMILES string of the molecule is CCCCNc1c2ccccc2nc2cn(CCC3CCN(Cc4ccccc4)CC3)c(O)c12. The van der Waals surface area contributed by atoms with E-state index in [2.05, 4.69) is 59.6 Å². The third-order valence-corrected chi connectivity index (χ3v) is 7.26. The van der Waals surface area contributed by atoms with E-state index in [9.17, 15) is 5.11 Å². The highest BCUT2D eigenvalue weighted by atomic mass is 16.3. The number of aryl methyl sites for hydroxylation is 1. The number of hydrogen-bond donors (Lipinski definition) is 2. The number of fused-ring (bicyclic) bond motifs is 2. The van der Waals surface area contributed by atoms with Gasteiger partial charge in [-0.1, -0.05) is 61.9 Å². The van der Waals surface area contributed by atoms with Gasteiger partial charge in [0.25, 0.3) is 0 Å². The first-order chi connectivity index (χ1) is 16.7. The van der Waals surface area contributed by atoms with Crippen molar-refractivity contribution in [2.24, 2.45) is 5.92 Å². The second kappa shape index (κ2) is 10.5. The maximum atomic E-state index is 11.2. The molecule has 1 aliphatic heterocycles. The number of hydrogen-bond acceptors (Lipinski definition) is 4. The minimum absolute atomic E-state index is 0.341. The van der Waals surface area contributed by atoms with Crippen LogP contribution in [-0.2, 0) is 13.1 Å². The summed E-state index contributed by atoms with van der Waals surface area (Å²) < 4.78 is 2.01. The largest absolute Gasteiger partial charge is 0.494 e. The van der Waals surface area contributed by atoms with Gasteiger partial charge in [0, 0.05) is 31.2 Å². The van der Waals surface area contributed by atoms with E-state index in [4.69, 9.17) is 4.98 Å². The van der Waals surface area contributed by atoms with Crippen molar-refractivity contribution in [3.05, 3.63) is 66.4 Å². The predicted octanol–water partition coefficient (Wildman–Crippen LogP) is 6.41. The van der Waals surface area contributed by atoms with Crippen LogP contribution in [0.15, 0.2) is 60.8 Å². The van der Waals surface area contributed by atoms with Crippen molar-refractivity contribution < 1.29 is 5.11 Å². The van der Waals surface area contributed by atoms with E-state index in [1.165, 1.54) is 18.4 Å². The number of aromatic hydroxyl groups is 1. The van der Waals surface area contributed by atoms with Crippen molar-refractivity contribution >= 4 is 27.5 Å². The number of nitrogens with zero attached hydrogens (tertiary/aromatic N) is 3. The maximum absolute atomic E-state index is 11.2. The van der Waals surface area contributed by atoms with Crippen LogP contribution in [0.4, 0.5) is 5.69 Å². The molecule has 5 heteroatoms. The van der Waals surface area contributed by atoms with Gasteiger partial charge in [-0.3, -0.25) is 4.90 Å². The molecule has 1 fully saturated rings. The molecule has 0 spiro atoms. The maximum Gasteiger partial charge on any atom is 0.202 e. The molecule has 5 rings (SSSR count). The Labute approximate surface area is 202 Å². The molecule has 2 aromatic heterocycles. The highest BCUT2D eigenvalue weighted by Crippen LogP contribution is 2.38. The Balaban J connectivity index is 1.28. The number of aromatic nitrogens is 2. The fourth-order valence-corrected chi connectivity index (χ4v) is 5.24. The molecule has 0 radical (unpaired) electrons. The quantitative estimate of drug-likeness (QED) is 0.286. The summed E-state index contributed by atoms with van der Waals surface area (Å²) in [5.74, 6) is 1.04. The van der Waals surface area contributed by atoms with Crippen LogP contribution in [0.2, 0.25) is 0 Å². The summed E-state index contributed by atoms with van der Waals surface area (Å²) in [4.78, 5) is 7.43. The van der Waals surface area contributed by atoms with Gasteiger partial charge >= 0.3 is 0 Å². The third-order valence-electron chi connectivity index (χ3n) is 7.26. The fourth-order valence-electron chi connectivity index (χ4n) is 5.24. The number of rotatable bonds is 9. The lowest BCUT2D eigenvalue weighted by Gasteiger charge is -2.32. The molecule has 0 saturated carbocycles. The Kier molecular flexibility index (Phi) is 7.00. The number of likely N-dealkylation sites (tertiary alicyclic amines) is 1. The van der Waals surface area contributed by atoms with E-state index in [1.807, 2.05) is 22.9 Å². The van der Waals surface area contributed by atoms with E-state index >= 15 is 0 Å². The number of nitrogens with one attached hydrogen (secondary N) is 1. The summed E-state index contributed by atoms with van der Waals surface area (Å²) in [6.45, 7) is 7.27. The molecule has 178 valence electrons. The van der Waals surface area contributed by atoms with Gasteiger partial charge in [0.05, 0.1) is 22.1 Å². The smallest absolute Gasteiger partial charge is 0.202 e. The Morgan fingerprint density at radius 3 is 2.56 bits per heavy atom. The van der Waals surface area contributed by atoms with Crippen molar-refractivity contribution in [3.63, 3.8) is 0 Å². The summed E-state index contributed by atoms with van der Waals surface area (Å²) in [6, 6.07) is 19.0. The molecule has 3 heterocycles. The Bertz CT molecular complexity index is 1230. The summed E-state index contributed by atoms with van der Waals surface area (Å²) in [5.41, 5.74) is 4.25. The van der Waals surface area contributed by atoms with Gasteiger partial charge in [-0.15, -0.1) is 0 Å².